The number of sulfonamides is 1. The van der Waals surface area contributed by atoms with E-state index in [0.717, 1.165) is 5.56 Å². The van der Waals surface area contributed by atoms with E-state index in [0.29, 0.717) is 46.6 Å². The van der Waals surface area contributed by atoms with Gasteiger partial charge in [-0.3, -0.25) is 4.72 Å². The van der Waals surface area contributed by atoms with Crippen LogP contribution in [0.3, 0.4) is 0 Å². The minimum atomic E-state index is -3.83. The highest BCUT2D eigenvalue weighted by atomic mass is 79.9. The number of hydrogen-bond donors (Lipinski definition) is 1. The summed E-state index contributed by atoms with van der Waals surface area (Å²) in [7, 11) is -3.83. The first-order chi connectivity index (χ1) is 14.8. The highest BCUT2D eigenvalue weighted by molar-refractivity contribution is 9.10. The van der Waals surface area contributed by atoms with Gasteiger partial charge in [0.25, 0.3) is 10.0 Å². The van der Waals surface area contributed by atoms with E-state index in [1.165, 1.54) is 6.07 Å². The van der Waals surface area contributed by atoms with Crippen molar-refractivity contribution in [2.24, 2.45) is 5.92 Å². The molecule has 31 heavy (non-hydrogen) atoms. The lowest BCUT2D eigenvalue weighted by Crippen LogP contribution is -2.14. The van der Waals surface area contributed by atoms with Crippen LogP contribution in [0.5, 0.6) is 11.6 Å². The largest absolute Gasteiger partial charge is 0.492 e. The zero-order chi connectivity index (χ0) is 22.4. The van der Waals surface area contributed by atoms with Crippen LogP contribution < -0.4 is 14.2 Å². The van der Waals surface area contributed by atoms with Gasteiger partial charge in [0.2, 0.25) is 5.88 Å². The summed E-state index contributed by atoms with van der Waals surface area (Å²) in [5.74, 6) is 1.17. The molecule has 1 aromatic heterocycles. The first-order valence-electron chi connectivity index (χ1n) is 9.80. The molecule has 9 heteroatoms. The molecular formula is C22H24BrN3O4S. The Hall–Kier alpha value is -2.65. The van der Waals surface area contributed by atoms with Crippen LogP contribution in [-0.4, -0.2) is 31.8 Å². The molecule has 0 saturated carbocycles. The SMILES string of the molecule is CCOc1ccc(Br)cc1S(=O)(=O)Nc1ccc(-c2ccc(OCC(C)C)nn2)cc1. The first kappa shape index (κ1) is 23.0. The summed E-state index contributed by atoms with van der Waals surface area (Å²) >= 11 is 3.31. The normalized spacial score (nSPS) is 11.4. The highest BCUT2D eigenvalue weighted by Crippen LogP contribution is 2.30. The molecular weight excluding hydrogens is 482 g/mol. The van der Waals surface area contributed by atoms with Crippen LogP contribution in [-0.2, 0) is 10.0 Å². The number of ether oxygens (including phenoxy) is 2. The van der Waals surface area contributed by atoms with E-state index in [9.17, 15) is 8.42 Å². The number of halogens is 1. The summed E-state index contributed by atoms with van der Waals surface area (Å²) < 4.78 is 40.1. The number of aromatic nitrogens is 2. The Labute approximate surface area is 191 Å². The van der Waals surface area contributed by atoms with Gasteiger partial charge in [0.1, 0.15) is 10.6 Å². The Morgan fingerprint density at radius 3 is 2.35 bits per heavy atom. The molecule has 0 saturated heterocycles. The van der Waals surface area contributed by atoms with E-state index >= 15 is 0 Å². The lowest BCUT2D eigenvalue weighted by molar-refractivity contribution is 0.258. The number of benzene rings is 2. The number of anilines is 1. The quantitative estimate of drug-likeness (QED) is 0.432. The van der Waals surface area contributed by atoms with Crippen LogP contribution in [0.15, 0.2) is 64.0 Å². The fourth-order valence-electron chi connectivity index (χ4n) is 2.69. The maximum Gasteiger partial charge on any atom is 0.265 e. The molecule has 2 aromatic carbocycles. The molecule has 0 radical (unpaired) electrons. The van der Waals surface area contributed by atoms with Gasteiger partial charge in [0, 0.05) is 21.8 Å². The van der Waals surface area contributed by atoms with Gasteiger partial charge >= 0.3 is 0 Å². The van der Waals surface area contributed by atoms with Crippen molar-refractivity contribution in [2.45, 2.75) is 25.7 Å². The molecule has 0 amide bonds. The molecule has 164 valence electrons. The van der Waals surface area contributed by atoms with Gasteiger partial charge in [-0.25, -0.2) is 8.42 Å². The number of hydrogen-bond acceptors (Lipinski definition) is 6. The lowest BCUT2D eigenvalue weighted by Gasteiger charge is -2.13. The highest BCUT2D eigenvalue weighted by Gasteiger charge is 2.20. The van der Waals surface area contributed by atoms with Gasteiger partial charge in [0.15, 0.2) is 0 Å². The maximum atomic E-state index is 12.9. The van der Waals surface area contributed by atoms with Gasteiger partial charge in [-0.05, 0) is 49.2 Å². The molecule has 0 aliphatic carbocycles. The molecule has 3 aromatic rings. The summed E-state index contributed by atoms with van der Waals surface area (Å²) in [5.41, 5.74) is 1.90. The van der Waals surface area contributed by atoms with Crippen molar-refractivity contribution < 1.29 is 17.9 Å². The molecule has 0 bridgehead atoms. The molecule has 1 heterocycles. The summed E-state index contributed by atoms with van der Waals surface area (Å²) in [6, 6.07) is 15.4. The van der Waals surface area contributed by atoms with Crippen molar-refractivity contribution in [3.05, 3.63) is 59.1 Å². The van der Waals surface area contributed by atoms with E-state index in [-0.39, 0.29) is 4.90 Å². The average Bonchev–Trinajstić information content (AvgIpc) is 2.74. The minimum absolute atomic E-state index is 0.0654. The van der Waals surface area contributed by atoms with E-state index in [2.05, 4.69) is 44.7 Å². The Bertz CT molecular complexity index is 1120. The lowest BCUT2D eigenvalue weighted by atomic mass is 10.1. The Balaban J connectivity index is 1.75. The number of nitrogens with one attached hydrogen (secondary N) is 1. The topological polar surface area (TPSA) is 90.4 Å². The third-order valence-corrected chi connectivity index (χ3v) is 6.03. The second-order valence-corrected chi connectivity index (χ2v) is 9.74. The second-order valence-electron chi connectivity index (χ2n) is 7.17. The minimum Gasteiger partial charge on any atom is -0.492 e. The molecule has 0 spiro atoms. The molecule has 0 unspecified atom stereocenters. The third kappa shape index (κ3) is 6.18. The monoisotopic (exact) mass is 505 g/mol. The van der Waals surface area contributed by atoms with Gasteiger partial charge in [-0.15, -0.1) is 10.2 Å². The van der Waals surface area contributed by atoms with Crippen molar-refractivity contribution in [3.8, 4) is 22.9 Å². The molecule has 0 atom stereocenters. The third-order valence-electron chi connectivity index (χ3n) is 4.13. The van der Waals surface area contributed by atoms with E-state index in [4.69, 9.17) is 9.47 Å². The number of rotatable bonds is 9. The van der Waals surface area contributed by atoms with Crippen molar-refractivity contribution in [3.63, 3.8) is 0 Å². The van der Waals surface area contributed by atoms with Crippen molar-refractivity contribution in [1.29, 1.82) is 0 Å². The fraction of sp³-hybridized carbons (Fsp3) is 0.273. The van der Waals surface area contributed by atoms with Crippen LogP contribution in [0.25, 0.3) is 11.3 Å². The van der Waals surface area contributed by atoms with Gasteiger partial charge in [-0.1, -0.05) is 41.9 Å². The van der Waals surface area contributed by atoms with E-state index in [1.54, 1.807) is 49.4 Å². The Morgan fingerprint density at radius 1 is 1.00 bits per heavy atom. The molecule has 7 nitrogen and oxygen atoms in total. The summed E-state index contributed by atoms with van der Waals surface area (Å²) in [4.78, 5) is 0.0654. The predicted octanol–water partition coefficient (Wildman–Crippen LogP) is 5.14. The zero-order valence-corrected chi connectivity index (χ0v) is 19.9. The second kappa shape index (κ2) is 10.1. The van der Waals surface area contributed by atoms with Crippen LogP contribution in [0.2, 0.25) is 0 Å². The fourth-order valence-corrected chi connectivity index (χ4v) is 4.43. The zero-order valence-electron chi connectivity index (χ0n) is 17.5. The first-order valence-corrected chi connectivity index (χ1v) is 12.1. The molecule has 0 aliphatic rings. The standard InChI is InChI=1S/C22H24BrN3O4S/c1-4-29-20-11-7-17(23)13-21(20)31(27,28)26-18-8-5-16(6-9-18)19-10-12-22(25-24-19)30-14-15(2)3/h5-13,15,26H,4,14H2,1-3H3. The van der Waals surface area contributed by atoms with Crippen molar-refractivity contribution >= 4 is 31.6 Å². The van der Waals surface area contributed by atoms with Gasteiger partial charge < -0.3 is 9.47 Å². The summed E-state index contributed by atoms with van der Waals surface area (Å²) in [5, 5.41) is 8.27. The van der Waals surface area contributed by atoms with Crippen LogP contribution >= 0.6 is 15.9 Å². The predicted molar refractivity (Wildman–Crippen MR) is 124 cm³/mol. The number of nitrogens with zero attached hydrogens (tertiary/aromatic N) is 2. The molecule has 0 fully saturated rings. The van der Waals surface area contributed by atoms with Gasteiger partial charge in [0.05, 0.1) is 18.9 Å². The van der Waals surface area contributed by atoms with Crippen LogP contribution in [0, 0.1) is 5.92 Å². The van der Waals surface area contributed by atoms with Crippen LogP contribution in [0.1, 0.15) is 20.8 Å². The van der Waals surface area contributed by atoms with Crippen LogP contribution in [0.4, 0.5) is 5.69 Å². The Morgan fingerprint density at radius 2 is 1.74 bits per heavy atom. The van der Waals surface area contributed by atoms with Crippen molar-refractivity contribution in [1.82, 2.24) is 10.2 Å². The smallest absolute Gasteiger partial charge is 0.265 e. The van der Waals surface area contributed by atoms with E-state index in [1.807, 2.05) is 6.07 Å². The van der Waals surface area contributed by atoms with E-state index < -0.39 is 10.0 Å². The summed E-state index contributed by atoms with van der Waals surface area (Å²) in [6.07, 6.45) is 0. The van der Waals surface area contributed by atoms with Gasteiger partial charge in [-0.2, -0.15) is 0 Å². The van der Waals surface area contributed by atoms with Crippen molar-refractivity contribution in [2.75, 3.05) is 17.9 Å². The summed E-state index contributed by atoms with van der Waals surface area (Å²) in [6.45, 7) is 6.86. The average molecular weight is 506 g/mol. The Kier molecular flexibility index (Phi) is 7.50. The molecule has 1 N–H and O–H groups in total. The molecule has 0 aliphatic heterocycles. The maximum absolute atomic E-state index is 12.9. The molecule has 3 rings (SSSR count).